The van der Waals surface area contributed by atoms with Crippen molar-refractivity contribution in [3.05, 3.63) is 71.4 Å². The van der Waals surface area contributed by atoms with Crippen LogP contribution in [0.4, 0.5) is 0 Å². The Hall–Kier alpha value is -2.64. The molecular weight excluding hydrogens is 424 g/mol. The lowest BCUT2D eigenvalue weighted by Gasteiger charge is -2.28. The number of nitrogens with zero attached hydrogens (tertiary/aromatic N) is 1. The molecule has 0 unspecified atom stereocenters. The third-order valence-corrected chi connectivity index (χ3v) is 6.42. The van der Waals surface area contributed by atoms with E-state index >= 15 is 0 Å². The van der Waals surface area contributed by atoms with Gasteiger partial charge in [0.15, 0.2) is 9.84 Å². The first kappa shape index (κ1) is 22.1. The maximum absolute atomic E-state index is 13.2. The Bertz CT molecular complexity index is 1060. The van der Waals surface area contributed by atoms with Crippen molar-refractivity contribution in [1.29, 1.82) is 0 Å². The molecular formula is C22H23ClN2O4S. The zero-order chi connectivity index (χ0) is 21.7. The molecule has 1 fully saturated rings. The summed E-state index contributed by atoms with van der Waals surface area (Å²) in [5, 5.41) is 2.81. The summed E-state index contributed by atoms with van der Waals surface area (Å²) in [7, 11) is -3.37. The number of likely N-dealkylation sites (tertiary alicyclic amines) is 1. The van der Waals surface area contributed by atoms with Gasteiger partial charge in [-0.25, -0.2) is 8.42 Å². The highest BCUT2D eigenvalue weighted by molar-refractivity contribution is 7.90. The van der Waals surface area contributed by atoms with Crippen LogP contribution in [0.25, 0.3) is 5.03 Å². The first-order valence-electron chi connectivity index (χ1n) is 9.63. The summed E-state index contributed by atoms with van der Waals surface area (Å²) in [6, 6.07) is 14.5. The number of nitrogens with one attached hydrogen (secondary N) is 1. The van der Waals surface area contributed by atoms with Gasteiger partial charge in [-0.05, 0) is 49.1 Å². The molecule has 3 rings (SSSR count). The van der Waals surface area contributed by atoms with Crippen molar-refractivity contribution in [1.82, 2.24) is 10.2 Å². The predicted octanol–water partition coefficient (Wildman–Crippen LogP) is 3.44. The van der Waals surface area contributed by atoms with Gasteiger partial charge in [0.1, 0.15) is 5.70 Å². The molecule has 1 aliphatic rings. The molecule has 1 aliphatic heterocycles. The highest BCUT2D eigenvalue weighted by Gasteiger charge is 2.25. The predicted molar refractivity (Wildman–Crippen MR) is 117 cm³/mol. The van der Waals surface area contributed by atoms with Gasteiger partial charge in [-0.1, -0.05) is 41.9 Å². The lowest BCUT2D eigenvalue weighted by molar-refractivity contribution is -0.128. The van der Waals surface area contributed by atoms with E-state index in [1.807, 2.05) is 6.07 Å². The van der Waals surface area contributed by atoms with Crippen molar-refractivity contribution in [2.24, 2.45) is 0 Å². The standard InChI is InChI=1S/C22H23ClN2O4S/c1-30(28,29)18-12-10-17(11-13-18)21(26)24-20(19(23)16-8-4-2-5-9-16)22(27)25-14-6-3-7-15-25/h2,4-5,8-13H,3,6-7,14-15H2,1H3,(H,24,26)/b20-19-. The monoisotopic (exact) mass is 446 g/mol. The van der Waals surface area contributed by atoms with Gasteiger partial charge in [0.25, 0.3) is 11.8 Å². The average Bonchev–Trinajstić information content (AvgIpc) is 2.77. The quantitative estimate of drug-likeness (QED) is 0.713. The van der Waals surface area contributed by atoms with Gasteiger partial charge in [0, 0.05) is 24.9 Å². The number of carbonyl (C=O) groups is 2. The summed E-state index contributed by atoms with van der Waals surface area (Å²) in [4.78, 5) is 27.8. The highest BCUT2D eigenvalue weighted by atomic mass is 35.5. The number of rotatable bonds is 5. The topological polar surface area (TPSA) is 83.5 Å². The van der Waals surface area contributed by atoms with Crippen molar-refractivity contribution >= 4 is 38.3 Å². The normalized spacial score (nSPS) is 15.3. The molecule has 0 aromatic heterocycles. The molecule has 0 bridgehead atoms. The summed E-state index contributed by atoms with van der Waals surface area (Å²) >= 11 is 6.54. The van der Waals surface area contributed by atoms with Crippen molar-refractivity contribution in [2.75, 3.05) is 19.3 Å². The average molecular weight is 447 g/mol. The number of hydrogen-bond donors (Lipinski definition) is 1. The van der Waals surface area contributed by atoms with Gasteiger partial charge in [0.05, 0.1) is 9.93 Å². The van der Waals surface area contributed by atoms with Crippen LogP contribution in [0.5, 0.6) is 0 Å². The fourth-order valence-corrected chi connectivity index (χ4v) is 4.11. The number of amides is 2. The molecule has 0 radical (unpaired) electrons. The number of halogens is 1. The second-order valence-corrected chi connectivity index (χ2v) is 9.55. The van der Waals surface area contributed by atoms with Gasteiger partial charge in [0.2, 0.25) is 0 Å². The molecule has 0 spiro atoms. The van der Waals surface area contributed by atoms with E-state index < -0.39 is 15.7 Å². The zero-order valence-corrected chi connectivity index (χ0v) is 18.2. The Morgan fingerprint density at radius 3 is 2.07 bits per heavy atom. The number of hydrogen-bond acceptors (Lipinski definition) is 4. The van der Waals surface area contributed by atoms with Crippen molar-refractivity contribution in [2.45, 2.75) is 24.2 Å². The van der Waals surface area contributed by atoms with Crippen LogP contribution in [0.1, 0.15) is 35.2 Å². The third-order valence-electron chi connectivity index (χ3n) is 4.89. The molecule has 2 aromatic rings. The zero-order valence-electron chi connectivity index (χ0n) is 16.6. The molecule has 0 aliphatic carbocycles. The minimum absolute atomic E-state index is 0.0157. The van der Waals surface area contributed by atoms with E-state index in [0.29, 0.717) is 18.7 Å². The molecule has 30 heavy (non-hydrogen) atoms. The van der Waals surface area contributed by atoms with Gasteiger partial charge < -0.3 is 10.2 Å². The molecule has 2 amide bonds. The van der Waals surface area contributed by atoms with Crippen LogP contribution in [0, 0.1) is 0 Å². The molecule has 158 valence electrons. The molecule has 1 heterocycles. The fraction of sp³-hybridized carbons (Fsp3) is 0.273. The van der Waals surface area contributed by atoms with E-state index in [4.69, 9.17) is 11.6 Å². The first-order chi connectivity index (χ1) is 14.3. The lowest BCUT2D eigenvalue weighted by atomic mass is 10.1. The van der Waals surface area contributed by atoms with Gasteiger partial charge in [-0.2, -0.15) is 0 Å². The minimum atomic E-state index is -3.37. The minimum Gasteiger partial charge on any atom is -0.337 e. The van der Waals surface area contributed by atoms with Crippen LogP contribution < -0.4 is 5.32 Å². The molecule has 6 nitrogen and oxygen atoms in total. The Morgan fingerprint density at radius 2 is 1.50 bits per heavy atom. The number of carbonyl (C=O) groups excluding carboxylic acids is 2. The third kappa shape index (κ3) is 5.29. The van der Waals surface area contributed by atoms with Crippen LogP contribution in [0.3, 0.4) is 0 Å². The smallest absolute Gasteiger partial charge is 0.271 e. The second kappa shape index (κ2) is 9.45. The largest absolute Gasteiger partial charge is 0.337 e. The Balaban J connectivity index is 1.92. The Labute approximate surface area is 181 Å². The summed E-state index contributed by atoms with van der Waals surface area (Å²) in [5.41, 5.74) is 0.859. The molecule has 1 N–H and O–H groups in total. The van der Waals surface area contributed by atoms with Crippen LogP contribution in [0.2, 0.25) is 0 Å². The van der Waals surface area contributed by atoms with Gasteiger partial charge in [-0.15, -0.1) is 0 Å². The fourth-order valence-electron chi connectivity index (χ4n) is 3.23. The summed E-state index contributed by atoms with van der Waals surface area (Å²) in [5.74, 6) is -0.867. The van der Waals surface area contributed by atoms with E-state index in [2.05, 4.69) is 5.32 Å². The second-order valence-electron chi connectivity index (χ2n) is 7.16. The van der Waals surface area contributed by atoms with E-state index in [1.54, 1.807) is 29.2 Å². The summed E-state index contributed by atoms with van der Waals surface area (Å²) in [6.45, 7) is 1.22. The summed E-state index contributed by atoms with van der Waals surface area (Å²) in [6.07, 6.45) is 3.97. The number of piperidine rings is 1. The highest BCUT2D eigenvalue weighted by Crippen LogP contribution is 2.24. The molecule has 0 saturated carbocycles. The van der Waals surface area contributed by atoms with Crippen molar-refractivity contribution in [3.8, 4) is 0 Å². The molecule has 1 saturated heterocycles. The van der Waals surface area contributed by atoms with Gasteiger partial charge >= 0.3 is 0 Å². The molecule has 2 aromatic carbocycles. The van der Waals surface area contributed by atoms with E-state index in [0.717, 1.165) is 25.5 Å². The van der Waals surface area contributed by atoms with Crippen molar-refractivity contribution < 1.29 is 18.0 Å². The Morgan fingerprint density at radius 1 is 0.900 bits per heavy atom. The van der Waals surface area contributed by atoms with Crippen molar-refractivity contribution in [3.63, 3.8) is 0 Å². The van der Waals surface area contributed by atoms with Crippen LogP contribution in [-0.4, -0.2) is 44.5 Å². The number of benzene rings is 2. The first-order valence-corrected chi connectivity index (χ1v) is 11.9. The summed E-state index contributed by atoms with van der Waals surface area (Å²) < 4.78 is 23.3. The lowest BCUT2D eigenvalue weighted by Crippen LogP contribution is -2.41. The SMILES string of the molecule is CS(=O)(=O)c1ccc(C(=O)N/C(C(=O)N2CCCCC2)=C(\Cl)c2ccccc2)cc1. The van der Waals surface area contributed by atoms with Crippen LogP contribution in [0.15, 0.2) is 65.2 Å². The maximum atomic E-state index is 13.2. The van der Waals surface area contributed by atoms with E-state index in [1.165, 1.54) is 24.3 Å². The Kier molecular flexibility index (Phi) is 6.95. The van der Waals surface area contributed by atoms with Gasteiger partial charge in [-0.3, -0.25) is 9.59 Å². The molecule has 0 atom stereocenters. The maximum Gasteiger partial charge on any atom is 0.271 e. The molecule has 8 heteroatoms. The van der Waals surface area contributed by atoms with E-state index in [-0.39, 0.29) is 27.1 Å². The van der Waals surface area contributed by atoms with Crippen LogP contribution >= 0.6 is 11.6 Å². The van der Waals surface area contributed by atoms with Crippen LogP contribution in [-0.2, 0) is 14.6 Å². The van der Waals surface area contributed by atoms with E-state index in [9.17, 15) is 18.0 Å². The number of sulfone groups is 1.